The molecular formula is C22H22FN3O5. The summed E-state index contributed by atoms with van der Waals surface area (Å²) in [6.45, 7) is 5.40. The Labute approximate surface area is 178 Å². The smallest absolute Gasteiger partial charge is 0.344 e. The third-order valence-electron chi connectivity index (χ3n) is 4.28. The van der Waals surface area contributed by atoms with Crippen LogP contribution in [-0.4, -0.2) is 35.4 Å². The molecule has 3 rings (SSSR count). The van der Waals surface area contributed by atoms with Crippen LogP contribution in [0, 0.1) is 17.1 Å². The number of carbonyl (C=O) groups excluding carboxylic acids is 1. The lowest BCUT2D eigenvalue weighted by molar-refractivity contribution is -0.145. The number of ether oxygens (including phenoxy) is 3. The minimum Gasteiger partial charge on any atom is -0.494 e. The topological polar surface area (TPSA) is 107 Å². The number of esters is 1. The van der Waals surface area contributed by atoms with Crippen LogP contribution in [0.15, 0.2) is 40.1 Å². The van der Waals surface area contributed by atoms with Gasteiger partial charge in [-0.1, -0.05) is 5.16 Å². The number of allylic oxidation sites excluding steroid dienone is 4. The minimum atomic E-state index is -0.628. The molecule has 0 radical (unpaired) electrons. The molecule has 1 heterocycles. The third kappa shape index (κ3) is 5.48. The molecule has 0 saturated heterocycles. The maximum absolute atomic E-state index is 14.5. The van der Waals surface area contributed by atoms with Gasteiger partial charge in [-0.25, -0.2) is 9.18 Å². The highest BCUT2D eigenvalue weighted by atomic mass is 19.1. The van der Waals surface area contributed by atoms with Gasteiger partial charge >= 0.3 is 5.97 Å². The fourth-order valence-corrected chi connectivity index (χ4v) is 2.96. The molecule has 0 spiro atoms. The van der Waals surface area contributed by atoms with Crippen LogP contribution in [0.4, 0.5) is 4.39 Å². The molecule has 8 nitrogen and oxygen atoms in total. The normalized spacial score (nSPS) is 13.6. The Balaban J connectivity index is 1.77. The van der Waals surface area contributed by atoms with E-state index in [-0.39, 0.29) is 42.3 Å². The van der Waals surface area contributed by atoms with Gasteiger partial charge in [-0.15, -0.1) is 0 Å². The number of hydrogen-bond donors (Lipinski definition) is 0. The van der Waals surface area contributed by atoms with Crippen LogP contribution in [0.5, 0.6) is 5.75 Å². The number of hydrogen-bond acceptors (Lipinski definition) is 8. The van der Waals surface area contributed by atoms with E-state index in [0.29, 0.717) is 29.7 Å². The number of halogens is 1. The van der Waals surface area contributed by atoms with Crippen LogP contribution in [-0.2, 0) is 14.3 Å². The van der Waals surface area contributed by atoms with Crippen molar-refractivity contribution in [3.05, 3.63) is 47.3 Å². The van der Waals surface area contributed by atoms with Crippen LogP contribution < -0.4 is 4.74 Å². The van der Waals surface area contributed by atoms with Crippen molar-refractivity contribution in [3.63, 3.8) is 0 Å². The molecule has 31 heavy (non-hydrogen) atoms. The molecule has 0 unspecified atom stereocenters. The van der Waals surface area contributed by atoms with Gasteiger partial charge in [0.15, 0.2) is 6.61 Å². The van der Waals surface area contributed by atoms with Crippen LogP contribution >= 0.6 is 0 Å². The van der Waals surface area contributed by atoms with Crippen molar-refractivity contribution in [2.24, 2.45) is 0 Å². The molecule has 0 aliphatic heterocycles. The minimum absolute atomic E-state index is 0.0319. The van der Waals surface area contributed by atoms with E-state index in [9.17, 15) is 14.4 Å². The fraction of sp³-hybridized carbons (Fsp3) is 0.364. The summed E-state index contributed by atoms with van der Waals surface area (Å²) in [5.74, 6) is -0.0785. The zero-order valence-electron chi connectivity index (χ0n) is 17.5. The predicted molar refractivity (Wildman–Crippen MR) is 108 cm³/mol. The zero-order chi connectivity index (χ0) is 22.4. The molecule has 1 aromatic carbocycles. The van der Waals surface area contributed by atoms with Crippen LogP contribution in [0.2, 0.25) is 0 Å². The van der Waals surface area contributed by atoms with Crippen molar-refractivity contribution < 1.29 is 27.9 Å². The highest BCUT2D eigenvalue weighted by Gasteiger charge is 2.22. The molecule has 0 bridgehead atoms. The summed E-state index contributed by atoms with van der Waals surface area (Å²) >= 11 is 0. The number of rotatable bonds is 8. The van der Waals surface area contributed by atoms with Gasteiger partial charge in [-0.3, -0.25) is 0 Å². The molecule has 0 amide bonds. The Bertz CT molecular complexity index is 1070. The van der Waals surface area contributed by atoms with Crippen molar-refractivity contribution in [1.29, 1.82) is 5.26 Å². The lowest BCUT2D eigenvalue weighted by Crippen LogP contribution is -2.14. The molecule has 1 aliphatic rings. The van der Waals surface area contributed by atoms with Gasteiger partial charge in [0, 0.05) is 18.1 Å². The fourth-order valence-electron chi connectivity index (χ4n) is 2.96. The van der Waals surface area contributed by atoms with E-state index in [1.807, 2.05) is 13.8 Å². The Morgan fingerprint density at radius 2 is 2.16 bits per heavy atom. The molecule has 1 aliphatic carbocycles. The number of nitrogens with zero attached hydrogens (tertiary/aromatic N) is 3. The number of benzene rings is 1. The Kier molecular flexibility index (Phi) is 7.03. The number of nitriles is 1. The Morgan fingerprint density at radius 3 is 2.84 bits per heavy atom. The average molecular weight is 427 g/mol. The molecule has 162 valence electrons. The quantitative estimate of drug-likeness (QED) is 0.577. The number of aromatic nitrogens is 2. The molecule has 1 aromatic heterocycles. The second-order valence-corrected chi connectivity index (χ2v) is 6.94. The van der Waals surface area contributed by atoms with E-state index in [1.165, 1.54) is 12.1 Å². The highest BCUT2D eigenvalue weighted by Crippen LogP contribution is 2.32. The summed E-state index contributed by atoms with van der Waals surface area (Å²) in [4.78, 5) is 15.6. The van der Waals surface area contributed by atoms with Crippen LogP contribution in [0.25, 0.3) is 17.0 Å². The first-order chi connectivity index (χ1) is 14.9. The van der Waals surface area contributed by atoms with E-state index in [1.54, 1.807) is 13.0 Å². The van der Waals surface area contributed by atoms with Gasteiger partial charge in [-0.2, -0.15) is 10.2 Å². The first kappa shape index (κ1) is 22.0. The van der Waals surface area contributed by atoms with Gasteiger partial charge < -0.3 is 18.7 Å². The lowest BCUT2D eigenvalue weighted by atomic mass is 9.98. The van der Waals surface area contributed by atoms with Crippen LogP contribution in [0.1, 0.15) is 39.5 Å². The monoisotopic (exact) mass is 427 g/mol. The molecule has 9 heteroatoms. The maximum atomic E-state index is 14.5. The van der Waals surface area contributed by atoms with E-state index in [0.717, 1.165) is 6.07 Å². The summed E-state index contributed by atoms with van der Waals surface area (Å²) in [6, 6.07) is 6.20. The van der Waals surface area contributed by atoms with Gasteiger partial charge in [0.1, 0.15) is 23.4 Å². The zero-order valence-corrected chi connectivity index (χ0v) is 17.5. The SMILES string of the molecule is CCOC(=O)COc1ccc(-c2noc(C3=CC(C#N)=C(OC(C)C)CC3)n2)c(F)c1. The molecule has 0 atom stereocenters. The highest BCUT2D eigenvalue weighted by molar-refractivity contribution is 5.71. The Morgan fingerprint density at radius 1 is 1.35 bits per heavy atom. The molecular weight excluding hydrogens is 405 g/mol. The van der Waals surface area contributed by atoms with Crippen molar-refractivity contribution in [1.82, 2.24) is 10.1 Å². The summed E-state index contributed by atoms with van der Waals surface area (Å²) in [5, 5.41) is 13.3. The molecule has 0 fully saturated rings. The van der Waals surface area contributed by atoms with Crippen LogP contribution in [0.3, 0.4) is 0 Å². The standard InChI is InChI=1S/C22H22FN3O5/c1-4-28-20(27)12-29-16-6-7-17(18(23)10-16)21-25-22(31-26-21)14-5-8-19(30-13(2)3)15(9-14)11-24/h6-7,9-10,13H,4-5,8,12H2,1-3H3. The Hall–Kier alpha value is -3.67. The van der Waals surface area contributed by atoms with E-state index in [2.05, 4.69) is 16.2 Å². The van der Waals surface area contributed by atoms with E-state index < -0.39 is 11.8 Å². The second-order valence-electron chi connectivity index (χ2n) is 6.94. The van der Waals surface area contributed by atoms with Gasteiger partial charge in [0.05, 0.1) is 23.8 Å². The first-order valence-corrected chi connectivity index (χ1v) is 9.84. The van der Waals surface area contributed by atoms with E-state index >= 15 is 0 Å². The lowest BCUT2D eigenvalue weighted by Gasteiger charge is -2.18. The molecule has 2 aromatic rings. The van der Waals surface area contributed by atoms with Crippen molar-refractivity contribution in [2.45, 2.75) is 39.7 Å². The maximum Gasteiger partial charge on any atom is 0.344 e. The van der Waals surface area contributed by atoms with Gasteiger partial charge in [-0.05, 0) is 45.4 Å². The summed E-state index contributed by atoms with van der Waals surface area (Å²) < 4.78 is 35.5. The number of carbonyl (C=O) groups is 1. The molecule has 0 N–H and O–H groups in total. The predicted octanol–water partition coefficient (Wildman–Crippen LogP) is 4.20. The largest absolute Gasteiger partial charge is 0.494 e. The van der Waals surface area contributed by atoms with Crippen molar-refractivity contribution in [3.8, 4) is 23.2 Å². The summed E-state index contributed by atoms with van der Waals surface area (Å²) in [5.41, 5.74) is 1.21. The summed E-state index contributed by atoms with van der Waals surface area (Å²) in [6.07, 6.45) is 2.71. The summed E-state index contributed by atoms with van der Waals surface area (Å²) in [7, 11) is 0. The average Bonchev–Trinajstić information content (AvgIpc) is 3.22. The van der Waals surface area contributed by atoms with Crippen molar-refractivity contribution >= 4 is 11.5 Å². The van der Waals surface area contributed by atoms with Gasteiger partial charge in [0.25, 0.3) is 5.89 Å². The third-order valence-corrected chi connectivity index (χ3v) is 4.28. The second kappa shape index (κ2) is 9.89. The molecule has 0 saturated carbocycles. The van der Waals surface area contributed by atoms with E-state index in [4.69, 9.17) is 18.7 Å². The van der Waals surface area contributed by atoms with Crippen molar-refractivity contribution in [2.75, 3.05) is 13.2 Å². The van der Waals surface area contributed by atoms with Gasteiger partial charge in [0.2, 0.25) is 5.82 Å². The first-order valence-electron chi connectivity index (χ1n) is 9.84.